The topological polar surface area (TPSA) is 24.4 Å². The molecule has 0 amide bonds. The molecule has 0 spiro atoms. The molecule has 2 aromatic rings. The maximum atomic E-state index is 4.17. The van der Waals surface area contributed by atoms with Gasteiger partial charge in [0.05, 0.1) is 9.91 Å². The minimum Gasteiger partial charge on any atom is -0.381 e. The highest BCUT2D eigenvalue weighted by Crippen LogP contribution is 2.30. The van der Waals surface area contributed by atoms with Crippen molar-refractivity contribution < 1.29 is 0 Å². The zero-order chi connectivity index (χ0) is 13.5. The van der Waals surface area contributed by atoms with Crippen LogP contribution in [0.25, 0.3) is 5.70 Å². The molecule has 1 N–H and O–H groups in total. The van der Waals surface area contributed by atoms with Crippen molar-refractivity contribution in [2.45, 2.75) is 5.75 Å². The molecular formula is C15H16N2S2. The van der Waals surface area contributed by atoms with E-state index in [1.54, 1.807) is 23.1 Å². The molecule has 0 bridgehead atoms. The number of nitrogens with one attached hydrogen (secondary N) is 1. The molecular weight excluding hydrogens is 272 g/mol. The van der Waals surface area contributed by atoms with Gasteiger partial charge in [-0.25, -0.2) is 0 Å². The third kappa shape index (κ3) is 3.72. The molecule has 0 radical (unpaired) electrons. The number of rotatable bonds is 6. The van der Waals surface area contributed by atoms with Crippen molar-refractivity contribution in [2.75, 3.05) is 7.05 Å². The van der Waals surface area contributed by atoms with E-state index in [1.807, 2.05) is 19.2 Å². The number of thiophene rings is 1. The number of thioether (sulfide) groups is 1. The van der Waals surface area contributed by atoms with Crippen LogP contribution in [0.4, 0.5) is 0 Å². The quantitative estimate of drug-likeness (QED) is 0.805. The molecule has 2 nitrogen and oxygen atoms in total. The number of nitrogens with zero attached hydrogens (tertiary/aromatic N) is 1. The van der Waals surface area contributed by atoms with Crippen molar-refractivity contribution in [2.24, 2.45) is 4.99 Å². The third-order valence-electron chi connectivity index (χ3n) is 2.58. The van der Waals surface area contributed by atoms with E-state index in [-0.39, 0.29) is 0 Å². The van der Waals surface area contributed by atoms with Crippen LogP contribution in [0.2, 0.25) is 0 Å². The SMILES string of the molecule is C=N/C(=C(/NC)SCc1ccccc1)c1cccs1. The maximum Gasteiger partial charge on any atom is 0.109 e. The van der Waals surface area contributed by atoms with Crippen LogP contribution < -0.4 is 5.32 Å². The van der Waals surface area contributed by atoms with E-state index in [9.17, 15) is 0 Å². The predicted molar refractivity (Wildman–Crippen MR) is 87.6 cm³/mol. The maximum absolute atomic E-state index is 4.17. The highest BCUT2D eigenvalue weighted by atomic mass is 32.2. The van der Waals surface area contributed by atoms with Crippen LogP contribution in [0.3, 0.4) is 0 Å². The number of hydrogen-bond donors (Lipinski definition) is 1. The van der Waals surface area contributed by atoms with Gasteiger partial charge in [0.1, 0.15) is 5.70 Å². The Morgan fingerprint density at radius 3 is 2.63 bits per heavy atom. The molecule has 0 aliphatic carbocycles. The van der Waals surface area contributed by atoms with E-state index in [4.69, 9.17) is 0 Å². The first-order valence-corrected chi connectivity index (χ1v) is 7.81. The van der Waals surface area contributed by atoms with Crippen molar-refractivity contribution in [3.8, 4) is 0 Å². The molecule has 0 saturated carbocycles. The van der Waals surface area contributed by atoms with Crippen LogP contribution in [0, 0.1) is 0 Å². The second kappa shape index (κ2) is 7.16. The molecule has 0 unspecified atom stereocenters. The van der Waals surface area contributed by atoms with Gasteiger partial charge >= 0.3 is 0 Å². The lowest BCUT2D eigenvalue weighted by Crippen LogP contribution is -2.05. The van der Waals surface area contributed by atoms with E-state index >= 15 is 0 Å². The minimum absolute atomic E-state index is 0.918. The summed E-state index contributed by atoms with van der Waals surface area (Å²) in [6, 6.07) is 14.5. The Hall–Kier alpha value is -1.52. The second-order valence-electron chi connectivity index (χ2n) is 3.84. The molecule has 1 aromatic heterocycles. The van der Waals surface area contributed by atoms with E-state index in [1.165, 1.54) is 5.56 Å². The summed E-state index contributed by atoms with van der Waals surface area (Å²) in [5, 5.41) is 6.34. The summed E-state index contributed by atoms with van der Waals surface area (Å²) in [7, 11) is 1.92. The predicted octanol–water partition coefficient (Wildman–Crippen LogP) is 4.23. The van der Waals surface area contributed by atoms with E-state index < -0.39 is 0 Å². The average molecular weight is 288 g/mol. The molecule has 1 aromatic carbocycles. The monoisotopic (exact) mass is 288 g/mol. The molecule has 0 aliphatic heterocycles. The summed E-state index contributed by atoms with van der Waals surface area (Å²) < 4.78 is 0. The van der Waals surface area contributed by atoms with Gasteiger partial charge in [-0.15, -0.1) is 23.1 Å². The summed E-state index contributed by atoms with van der Waals surface area (Å²) in [5.41, 5.74) is 2.23. The van der Waals surface area contributed by atoms with Crippen LogP contribution in [-0.4, -0.2) is 13.8 Å². The lowest BCUT2D eigenvalue weighted by Gasteiger charge is -2.10. The minimum atomic E-state index is 0.918. The summed E-state index contributed by atoms with van der Waals surface area (Å²) in [4.78, 5) is 5.31. The molecule has 19 heavy (non-hydrogen) atoms. The molecule has 4 heteroatoms. The molecule has 98 valence electrons. The van der Waals surface area contributed by atoms with Gasteiger partial charge in [-0.1, -0.05) is 36.4 Å². The summed E-state index contributed by atoms with van der Waals surface area (Å²) in [5.74, 6) is 0.918. The smallest absolute Gasteiger partial charge is 0.109 e. The van der Waals surface area contributed by atoms with E-state index in [2.05, 4.69) is 52.7 Å². The van der Waals surface area contributed by atoms with Crippen LogP contribution >= 0.6 is 23.1 Å². The highest BCUT2D eigenvalue weighted by Gasteiger charge is 2.08. The lowest BCUT2D eigenvalue weighted by molar-refractivity contribution is 1.07. The molecule has 0 saturated heterocycles. The zero-order valence-electron chi connectivity index (χ0n) is 10.8. The Bertz CT molecular complexity index is 545. The number of aliphatic imine (C=N–C) groups is 1. The Morgan fingerprint density at radius 1 is 1.26 bits per heavy atom. The van der Waals surface area contributed by atoms with E-state index in [0.29, 0.717) is 0 Å². The van der Waals surface area contributed by atoms with Crippen molar-refractivity contribution in [3.05, 3.63) is 63.3 Å². The Morgan fingerprint density at radius 2 is 2.05 bits per heavy atom. The van der Waals surface area contributed by atoms with Gasteiger partial charge in [0, 0.05) is 12.8 Å². The van der Waals surface area contributed by atoms with Crippen molar-refractivity contribution >= 4 is 35.5 Å². The van der Waals surface area contributed by atoms with Crippen LogP contribution in [0.15, 0.2) is 57.9 Å². The first-order chi connectivity index (χ1) is 9.35. The Kier molecular flexibility index (Phi) is 5.24. The van der Waals surface area contributed by atoms with Gasteiger partial charge in [0.25, 0.3) is 0 Å². The zero-order valence-corrected chi connectivity index (χ0v) is 12.4. The fraction of sp³-hybridized carbons (Fsp3) is 0.133. The van der Waals surface area contributed by atoms with Gasteiger partial charge in [0.15, 0.2) is 0 Å². The van der Waals surface area contributed by atoms with Crippen LogP contribution in [-0.2, 0) is 5.75 Å². The number of hydrogen-bond acceptors (Lipinski definition) is 4. The van der Waals surface area contributed by atoms with Crippen molar-refractivity contribution in [1.29, 1.82) is 0 Å². The fourth-order valence-electron chi connectivity index (χ4n) is 1.66. The van der Waals surface area contributed by atoms with Gasteiger partial charge < -0.3 is 5.32 Å². The van der Waals surface area contributed by atoms with E-state index in [0.717, 1.165) is 21.4 Å². The Balaban J connectivity index is 2.16. The van der Waals surface area contributed by atoms with Crippen molar-refractivity contribution in [1.82, 2.24) is 5.32 Å². The molecule has 0 atom stereocenters. The lowest BCUT2D eigenvalue weighted by atomic mass is 10.2. The van der Waals surface area contributed by atoms with Crippen LogP contribution in [0.5, 0.6) is 0 Å². The van der Waals surface area contributed by atoms with Gasteiger partial charge in [-0.05, 0) is 23.7 Å². The number of benzene rings is 1. The normalized spacial score (nSPS) is 11.8. The summed E-state index contributed by atoms with van der Waals surface area (Å²) >= 11 is 3.42. The fourth-order valence-corrected chi connectivity index (χ4v) is 3.43. The average Bonchev–Trinajstić information content (AvgIpc) is 2.98. The third-order valence-corrected chi connectivity index (χ3v) is 4.62. The first kappa shape index (κ1) is 13.9. The first-order valence-electron chi connectivity index (χ1n) is 5.94. The summed E-state index contributed by atoms with van der Waals surface area (Å²) in [6.45, 7) is 3.69. The molecule has 2 rings (SSSR count). The highest BCUT2D eigenvalue weighted by molar-refractivity contribution is 8.02. The Labute approximate surface area is 122 Å². The van der Waals surface area contributed by atoms with Gasteiger partial charge in [0.2, 0.25) is 0 Å². The largest absolute Gasteiger partial charge is 0.381 e. The summed E-state index contributed by atoms with van der Waals surface area (Å²) in [6.07, 6.45) is 0. The van der Waals surface area contributed by atoms with Crippen LogP contribution in [0.1, 0.15) is 10.4 Å². The second-order valence-corrected chi connectivity index (χ2v) is 5.77. The standard InChI is InChI=1S/C15H16N2S2/c1-16-14(13-9-6-10-18-13)15(17-2)19-11-12-7-4-3-5-8-12/h3-10,17H,1,11H2,2H3/b15-14-. The van der Waals surface area contributed by atoms with Crippen molar-refractivity contribution in [3.63, 3.8) is 0 Å². The van der Waals surface area contributed by atoms with Gasteiger partial charge in [-0.3, -0.25) is 4.99 Å². The molecule has 0 fully saturated rings. The van der Waals surface area contributed by atoms with Gasteiger partial charge in [-0.2, -0.15) is 0 Å². The molecule has 0 aliphatic rings. The molecule has 1 heterocycles.